The van der Waals surface area contributed by atoms with Gasteiger partial charge in [-0.25, -0.2) is 4.98 Å². The van der Waals surface area contributed by atoms with Crippen LogP contribution >= 0.6 is 0 Å². The number of rotatable bonds is 15. The van der Waals surface area contributed by atoms with Gasteiger partial charge in [-0.15, -0.1) is 0 Å². The van der Waals surface area contributed by atoms with E-state index in [1.54, 1.807) is 36.8 Å². The minimum atomic E-state index is -1.08. The average molecular weight is 804 g/mol. The van der Waals surface area contributed by atoms with Crippen LogP contribution in [0.5, 0.6) is 17.2 Å². The van der Waals surface area contributed by atoms with Gasteiger partial charge >= 0.3 is 0 Å². The van der Waals surface area contributed by atoms with Gasteiger partial charge in [0.2, 0.25) is 0 Å². The molecule has 1 aliphatic heterocycles. The molecule has 13 nitrogen and oxygen atoms in total. The Labute approximate surface area is 347 Å². The van der Waals surface area contributed by atoms with Crippen LogP contribution in [0.25, 0.3) is 16.6 Å². The fraction of sp³-hybridized carbons (Fsp3) is 0.213. The normalized spacial score (nSPS) is 13.5. The molecule has 2 N–H and O–H groups in total. The van der Waals surface area contributed by atoms with Gasteiger partial charge in [0, 0.05) is 61.4 Å². The lowest BCUT2D eigenvalue weighted by Gasteiger charge is -2.25. The van der Waals surface area contributed by atoms with Crippen molar-refractivity contribution in [1.82, 2.24) is 24.2 Å². The second-order valence-corrected chi connectivity index (χ2v) is 14.6. The Kier molecular flexibility index (Phi) is 11.7. The minimum Gasteiger partial charge on any atom is -0.493 e. The highest BCUT2D eigenvalue weighted by molar-refractivity contribution is 6.12. The van der Waals surface area contributed by atoms with E-state index < -0.39 is 17.9 Å². The van der Waals surface area contributed by atoms with Crippen LogP contribution in [0, 0.1) is 0 Å². The van der Waals surface area contributed by atoms with E-state index in [-0.39, 0.29) is 23.5 Å². The molecule has 304 valence electrons. The summed E-state index contributed by atoms with van der Waals surface area (Å²) in [4.78, 5) is 46.8. The van der Waals surface area contributed by atoms with Crippen molar-refractivity contribution in [3.8, 4) is 22.9 Å². The smallest absolute Gasteiger partial charge is 0.265 e. The monoisotopic (exact) mass is 803 g/mol. The number of nitrogens with one attached hydrogen (secondary N) is 2. The first kappa shape index (κ1) is 39.6. The van der Waals surface area contributed by atoms with Gasteiger partial charge in [0.25, 0.3) is 11.8 Å². The summed E-state index contributed by atoms with van der Waals surface area (Å²) in [6.07, 6.45) is 7.00. The molecule has 0 saturated carbocycles. The zero-order valence-electron chi connectivity index (χ0n) is 33.6. The number of Topliss-reactive ketones (excluding diaryl/α,β-unsaturated/α-hetero) is 1. The molecule has 2 amide bonds. The topological polar surface area (TPSA) is 142 Å². The number of amides is 2. The predicted molar refractivity (Wildman–Crippen MR) is 229 cm³/mol. The number of methoxy groups -OCH3 is 2. The van der Waals surface area contributed by atoms with Gasteiger partial charge in [-0.2, -0.15) is 5.10 Å². The predicted octanol–water partition coefficient (Wildman–Crippen LogP) is 7.73. The van der Waals surface area contributed by atoms with Crippen LogP contribution in [-0.4, -0.2) is 68.7 Å². The van der Waals surface area contributed by atoms with Crippen LogP contribution in [0.2, 0.25) is 0 Å². The van der Waals surface area contributed by atoms with Crippen molar-refractivity contribution in [2.75, 3.05) is 31.4 Å². The average Bonchev–Trinajstić information content (AvgIpc) is 3.97. The second-order valence-electron chi connectivity index (χ2n) is 14.6. The van der Waals surface area contributed by atoms with E-state index in [1.165, 1.54) is 37.5 Å². The number of para-hydroxylation sites is 1. The van der Waals surface area contributed by atoms with Gasteiger partial charge in [0.15, 0.2) is 23.4 Å². The number of imidazole rings is 1. The van der Waals surface area contributed by atoms with Gasteiger partial charge in [0.1, 0.15) is 5.75 Å². The number of carbonyl (C=O) groups is 3. The van der Waals surface area contributed by atoms with E-state index >= 15 is 0 Å². The first-order chi connectivity index (χ1) is 29.3. The number of ether oxygens (including phenoxy) is 3. The largest absolute Gasteiger partial charge is 0.493 e. The molecule has 1 unspecified atom stereocenters. The molecule has 0 radical (unpaired) electrons. The summed E-state index contributed by atoms with van der Waals surface area (Å²) in [7, 11) is 2.93. The molecular weight excluding hydrogens is 759 g/mol. The van der Waals surface area contributed by atoms with Crippen molar-refractivity contribution in [1.29, 1.82) is 0 Å². The molecular formula is C47H45N7O6. The number of benzene rings is 5. The number of hydrogen-bond acceptors (Lipinski definition) is 9. The van der Waals surface area contributed by atoms with Crippen LogP contribution in [0.3, 0.4) is 0 Å². The Morgan fingerprint density at radius 3 is 2.40 bits per heavy atom. The highest BCUT2D eigenvalue weighted by Crippen LogP contribution is 2.35. The Bertz CT molecular complexity index is 2660. The number of nitrogens with zero attached hydrogens (tertiary/aromatic N) is 5. The first-order valence-electron chi connectivity index (χ1n) is 19.8. The standard InChI is InChI=1S/C47H45N7O6/c1-4-54-40-17-14-33(22-34(40)27-49-54)29-52(28-32-8-7-9-36(23-32)53-21-19-48-30-53)20-18-31-12-15-35(16-13-31)50-46(56)38-24-43(58-2)44(59-3)25-39(38)51-47(57)45-26-41(55)37-10-5-6-11-42(37)60-45/h5-17,19,21-25,27,30,45H,4,18,20,26,28-29H2,1-3H3,(H,50,56)(H,51,57). The van der Waals surface area contributed by atoms with E-state index in [0.29, 0.717) is 28.5 Å². The molecule has 0 bridgehead atoms. The molecule has 3 heterocycles. The summed E-state index contributed by atoms with van der Waals surface area (Å²) in [5, 5.41) is 11.4. The van der Waals surface area contributed by atoms with Crippen LogP contribution in [0.15, 0.2) is 128 Å². The van der Waals surface area contributed by atoms with Gasteiger partial charge in [-0.05, 0) is 84.6 Å². The Morgan fingerprint density at radius 2 is 1.63 bits per heavy atom. The Hall–Kier alpha value is -7.25. The van der Waals surface area contributed by atoms with Gasteiger partial charge in [-0.1, -0.05) is 42.5 Å². The zero-order chi connectivity index (χ0) is 41.6. The lowest BCUT2D eigenvalue weighted by Crippen LogP contribution is -2.38. The van der Waals surface area contributed by atoms with E-state index in [9.17, 15) is 14.4 Å². The van der Waals surface area contributed by atoms with Gasteiger partial charge in [-0.3, -0.25) is 24.0 Å². The number of aryl methyl sites for hydroxylation is 1. The molecule has 1 aliphatic rings. The minimum absolute atomic E-state index is 0.136. The maximum absolute atomic E-state index is 13.9. The van der Waals surface area contributed by atoms with Crippen molar-refractivity contribution in [3.05, 3.63) is 156 Å². The van der Waals surface area contributed by atoms with Crippen molar-refractivity contribution in [2.45, 2.75) is 45.5 Å². The fourth-order valence-electron chi connectivity index (χ4n) is 7.49. The van der Waals surface area contributed by atoms with Crippen molar-refractivity contribution >= 4 is 39.9 Å². The maximum atomic E-state index is 13.9. The van der Waals surface area contributed by atoms with Crippen LogP contribution in [0.1, 0.15) is 50.8 Å². The van der Waals surface area contributed by atoms with Gasteiger partial charge in [0.05, 0.1) is 55.5 Å². The van der Waals surface area contributed by atoms with Crippen LogP contribution < -0.4 is 24.8 Å². The maximum Gasteiger partial charge on any atom is 0.265 e. The SMILES string of the molecule is CCn1ncc2cc(CN(CCc3ccc(NC(=O)c4cc(OC)c(OC)cc4NC(=O)C4CC(=O)c5ccccc5O4)cc3)Cc3cccc(-n4ccnc4)c3)ccc21. The third kappa shape index (κ3) is 8.76. The lowest BCUT2D eigenvalue weighted by molar-refractivity contribution is -0.122. The highest BCUT2D eigenvalue weighted by atomic mass is 16.5. The summed E-state index contributed by atoms with van der Waals surface area (Å²) in [6, 6.07) is 32.6. The molecule has 1 atom stereocenters. The van der Waals surface area contributed by atoms with E-state index in [2.05, 4.69) is 75.0 Å². The number of ketones is 1. The van der Waals surface area contributed by atoms with Crippen LogP contribution in [0.4, 0.5) is 11.4 Å². The number of fused-ring (bicyclic) bond motifs is 2. The third-order valence-corrected chi connectivity index (χ3v) is 10.6. The third-order valence-electron chi connectivity index (χ3n) is 10.6. The zero-order valence-corrected chi connectivity index (χ0v) is 33.6. The number of carbonyl (C=O) groups excluding carboxylic acids is 3. The summed E-state index contributed by atoms with van der Waals surface area (Å²) in [5.41, 5.74) is 7.00. The summed E-state index contributed by atoms with van der Waals surface area (Å²) < 4.78 is 20.9. The summed E-state index contributed by atoms with van der Waals surface area (Å²) in [6.45, 7) is 5.18. The number of anilines is 2. The fourth-order valence-corrected chi connectivity index (χ4v) is 7.49. The molecule has 0 fully saturated rings. The van der Waals surface area contributed by atoms with Gasteiger partial charge < -0.3 is 29.4 Å². The molecule has 7 aromatic rings. The molecule has 8 rings (SSSR count). The first-order valence-corrected chi connectivity index (χ1v) is 19.8. The molecule has 60 heavy (non-hydrogen) atoms. The molecule has 0 spiro atoms. The second kappa shape index (κ2) is 17.7. The van der Waals surface area contributed by atoms with Crippen molar-refractivity contribution < 1.29 is 28.6 Å². The summed E-state index contributed by atoms with van der Waals surface area (Å²) >= 11 is 0. The molecule has 5 aromatic carbocycles. The van der Waals surface area contributed by atoms with E-state index in [1.807, 2.05) is 45.9 Å². The Morgan fingerprint density at radius 1 is 0.867 bits per heavy atom. The number of hydrogen-bond donors (Lipinski definition) is 2. The lowest BCUT2D eigenvalue weighted by atomic mass is 10.00. The molecule has 13 heteroatoms. The van der Waals surface area contributed by atoms with Crippen molar-refractivity contribution in [2.24, 2.45) is 0 Å². The summed E-state index contributed by atoms with van der Waals surface area (Å²) in [5.74, 6) is -0.291. The van der Waals surface area contributed by atoms with E-state index in [0.717, 1.165) is 54.8 Å². The molecule has 0 aliphatic carbocycles. The quantitative estimate of drug-likeness (QED) is 0.107. The number of aromatic nitrogens is 4. The van der Waals surface area contributed by atoms with Crippen molar-refractivity contribution in [3.63, 3.8) is 0 Å². The molecule has 2 aromatic heterocycles. The van der Waals surface area contributed by atoms with Crippen LogP contribution in [-0.2, 0) is 30.8 Å². The molecule has 0 saturated heterocycles. The highest BCUT2D eigenvalue weighted by Gasteiger charge is 2.32. The Balaban J connectivity index is 0.966. The van der Waals surface area contributed by atoms with E-state index in [4.69, 9.17) is 14.2 Å².